The van der Waals surface area contributed by atoms with Crippen molar-refractivity contribution in [3.8, 4) is 12.1 Å². The van der Waals surface area contributed by atoms with E-state index in [0.717, 1.165) is 6.08 Å². The Morgan fingerprint density at radius 1 is 1.05 bits per heavy atom. The molecule has 0 bridgehead atoms. The monoisotopic (exact) mass is 326 g/mol. The number of benzene rings is 1. The van der Waals surface area contributed by atoms with Crippen LogP contribution in [0.15, 0.2) is 30.3 Å². The van der Waals surface area contributed by atoms with Crippen molar-refractivity contribution >= 4 is 19.1 Å². The van der Waals surface area contributed by atoms with Crippen LogP contribution in [0.4, 0.5) is 30.9 Å². The molecule has 0 saturated heterocycles. The summed E-state index contributed by atoms with van der Waals surface area (Å²) in [6, 6.07) is 10.2. The molecular weight excluding hydrogens is 321 g/mol. The Kier molecular flexibility index (Phi) is 4.72. The molecule has 0 aliphatic heterocycles. The molecule has 0 aromatic heterocycles. The van der Waals surface area contributed by atoms with Crippen molar-refractivity contribution in [2.75, 3.05) is 0 Å². The quantitative estimate of drug-likeness (QED) is 0.275. The molecule has 0 unspecified atom stereocenters. The number of halogens is 6. The van der Waals surface area contributed by atoms with Gasteiger partial charge in [0.2, 0.25) is 5.39 Å². The van der Waals surface area contributed by atoms with E-state index in [1.54, 1.807) is 30.3 Å². The third kappa shape index (κ3) is 10.9. The van der Waals surface area contributed by atoms with Crippen LogP contribution < -0.4 is 0 Å². The predicted molar refractivity (Wildman–Crippen MR) is 64.0 cm³/mol. The Hall–Kier alpha value is -2.63. The van der Waals surface area contributed by atoms with Crippen molar-refractivity contribution < 1.29 is 25.2 Å². The summed E-state index contributed by atoms with van der Waals surface area (Å²) in [5, 5.41) is 25.8. The van der Waals surface area contributed by atoms with Gasteiger partial charge in [0.25, 0.3) is 0 Å². The number of nitrogens with zero attached hydrogens (tertiary/aromatic N) is 4. The van der Waals surface area contributed by atoms with Gasteiger partial charge >= 0.3 is 38.7 Å². The van der Waals surface area contributed by atoms with Gasteiger partial charge in [-0.2, -0.15) is 10.5 Å². The van der Waals surface area contributed by atoms with Crippen LogP contribution in [0.1, 0.15) is 5.56 Å². The number of nitriles is 2. The molecule has 0 N–H and O–H groups in total. The largest absolute Gasteiger partial charge is 0.393 e. The van der Waals surface area contributed by atoms with Gasteiger partial charge in [0.1, 0.15) is 6.07 Å². The Bertz CT molecular complexity index is 676. The van der Waals surface area contributed by atoms with E-state index >= 15 is 0 Å². The molecular formula is C10H5F6N4P. The summed E-state index contributed by atoms with van der Waals surface area (Å²) in [6.07, 6.45) is 1.12. The smallest absolute Gasteiger partial charge is 0.193 e. The van der Waals surface area contributed by atoms with Crippen molar-refractivity contribution in [3.63, 3.8) is 0 Å². The minimum Gasteiger partial charge on any atom is -0.193 e. The molecule has 0 aliphatic rings. The first-order valence-electron chi connectivity index (χ1n) is 4.79. The van der Waals surface area contributed by atoms with E-state index in [-0.39, 0.29) is 11.3 Å². The van der Waals surface area contributed by atoms with Gasteiger partial charge in [0, 0.05) is 12.1 Å². The molecule has 11 heteroatoms. The molecule has 1 aromatic carbocycles. The van der Waals surface area contributed by atoms with E-state index < -0.39 is 7.81 Å². The standard InChI is InChI=1S/C10H5N4.F6P/c11-6-5-8(7-12)9-3-1-2-4-10(9)14-13;1-7(2,3,4,5)6/h1-5H;/q+1;-1/b8-5+;. The number of allylic oxidation sites excluding steroid dienone is 2. The van der Waals surface area contributed by atoms with Crippen LogP contribution in [0.25, 0.3) is 10.5 Å². The molecule has 0 atom stereocenters. The fraction of sp³-hybridized carbons (Fsp3) is 0. The molecule has 0 aliphatic carbocycles. The maximum absolute atomic E-state index is 10.7. The van der Waals surface area contributed by atoms with Crippen molar-refractivity contribution in [1.82, 2.24) is 0 Å². The first-order valence-corrected chi connectivity index (χ1v) is 6.82. The maximum Gasteiger partial charge on any atom is 0.393 e. The Labute approximate surface area is 114 Å². The van der Waals surface area contributed by atoms with Crippen molar-refractivity contribution in [2.45, 2.75) is 0 Å². The van der Waals surface area contributed by atoms with Gasteiger partial charge in [-0.25, -0.2) is 0 Å². The number of diazo groups is 1. The van der Waals surface area contributed by atoms with Gasteiger partial charge in [0.15, 0.2) is 4.98 Å². The molecule has 0 heterocycles. The van der Waals surface area contributed by atoms with Crippen LogP contribution in [-0.4, -0.2) is 0 Å². The summed E-state index contributed by atoms with van der Waals surface area (Å²) in [5.41, 5.74) is 0.899. The second-order valence-corrected chi connectivity index (χ2v) is 5.29. The van der Waals surface area contributed by atoms with E-state index in [1.165, 1.54) is 0 Å². The van der Waals surface area contributed by atoms with Crippen LogP contribution in [0.2, 0.25) is 0 Å². The molecule has 112 valence electrons. The molecule has 0 saturated carbocycles. The SMILES string of the molecule is F[P-](F)(F)(F)(F)F.N#C/C=C(\C#N)c1ccccc1[N+]#N. The Morgan fingerprint density at radius 2 is 1.52 bits per heavy atom. The second-order valence-electron chi connectivity index (χ2n) is 3.37. The summed E-state index contributed by atoms with van der Waals surface area (Å²) < 4.78 is 59.2. The zero-order chi connectivity index (χ0) is 16.8. The van der Waals surface area contributed by atoms with Gasteiger partial charge < -0.3 is 0 Å². The Morgan fingerprint density at radius 3 is 1.90 bits per heavy atom. The van der Waals surface area contributed by atoms with Gasteiger partial charge in [-0.05, 0) is 6.07 Å². The maximum atomic E-state index is 9.87. The van der Waals surface area contributed by atoms with Crippen LogP contribution in [0.5, 0.6) is 0 Å². The van der Waals surface area contributed by atoms with Crippen LogP contribution in [0, 0.1) is 28.1 Å². The molecule has 0 amide bonds. The molecule has 1 aromatic rings. The summed E-state index contributed by atoms with van der Waals surface area (Å²) in [7, 11) is -10.7. The first kappa shape index (κ1) is 18.4. The molecule has 0 fully saturated rings. The van der Waals surface area contributed by atoms with E-state index in [9.17, 15) is 25.2 Å². The number of rotatable bonds is 1. The van der Waals surface area contributed by atoms with E-state index in [4.69, 9.17) is 15.9 Å². The number of hydrogen-bond acceptors (Lipinski definition) is 3. The third-order valence-electron chi connectivity index (χ3n) is 1.63. The summed E-state index contributed by atoms with van der Waals surface area (Å²) in [6.45, 7) is 0. The van der Waals surface area contributed by atoms with Crippen molar-refractivity contribution in [3.05, 3.63) is 40.9 Å². The molecule has 4 nitrogen and oxygen atoms in total. The zero-order valence-electron chi connectivity index (χ0n) is 9.89. The predicted octanol–water partition coefficient (Wildman–Crippen LogP) is 5.98. The van der Waals surface area contributed by atoms with Gasteiger partial charge in [-0.1, -0.05) is 12.1 Å². The Balaban J connectivity index is 0.000000486. The molecule has 1 rings (SSSR count). The van der Waals surface area contributed by atoms with Crippen LogP contribution in [-0.2, 0) is 0 Å². The minimum atomic E-state index is -10.7. The summed E-state index contributed by atoms with van der Waals surface area (Å²) in [5.74, 6) is 0. The first-order chi connectivity index (χ1) is 9.28. The third-order valence-corrected chi connectivity index (χ3v) is 1.63. The normalized spacial score (nSPS) is 14.1. The topological polar surface area (TPSA) is 75.7 Å². The fourth-order valence-electron chi connectivity index (χ4n) is 1.02. The van der Waals surface area contributed by atoms with Gasteiger partial charge in [0.05, 0.1) is 17.2 Å². The fourth-order valence-corrected chi connectivity index (χ4v) is 1.02. The van der Waals surface area contributed by atoms with Crippen LogP contribution >= 0.6 is 7.81 Å². The summed E-state index contributed by atoms with van der Waals surface area (Å²) in [4.78, 5) is 3.02. The average Bonchev–Trinajstić information content (AvgIpc) is 2.32. The van der Waals surface area contributed by atoms with Gasteiger partial charge in [-0.3, -0.25) is 0 Å². The molecule has 21 heavy (non-hydrogen) atoms. The van der Waals surface area contributed by atoms with Crippen molar-refractivity contribution in [1.29, 1.82) is 15.9 Å². The van der Waals surface area contributed by atoms with Crippen LogP contribution in [0.3, 0.4) is 0 Å². The average molecular weight is 326 g/mol. The molecule has 0 spiro atoms. The van der Waals surface area contributed by atoms with Crippen molar-refractivity contribution in [2.24, 2.45) is 0 Å². The second kappa shape index (κ2) is 5.40. The minimum absolute atomic E-state index is 0.181. The van der Waals surface area contributed by atoms with E-state index in [0.29, 0.717) is 5.56 Å². The number of hydrogen-bond donors (Lipinski definition) is 0. The zero-order valence-corrected chi connectivity index (χ0v) is 10.8. The molecule has 0 radical (unpaired) electrons. The van der Waals surface area contributed by atoms with Gasteiger partial charge in [-0.15, -0.1) is 0 Å². The van der Waals surface area contributed by atoms with E-state index in [1.807, 2.05) is 6.07 Å². The van der Waals surface area contributed by atoms with E-state index in [2.05, 4.69) is 4.98 Å². The summed E-state index contributed by atoms with van der Waals surface area (Å²) >= 11 is 0.